The van der Waals surface area contributed by atoms with E-state index in [1.165, 1.54) is 6.92 Å². The fourth-order valence-corrected chi connectivity index (χ4v) is 0.114. The van der Waals surface area contributed by atoms with Crippen LogP contribution >= 0.6 is 0 Å². The SMILES string of the molecule is CC=C(F)OC=O. The summed E-state index contributed by atoms with van der Waals surface area (Å²) in [5.74, 6) is 0. The molecule has 3 heteroatoms. The summed E-state index contributed by atoms with van der Waals surface area (Å²) in [5, 5.41) is 0. The van der Waals surface area contributed by atoms with Crippen molar-refractivity contribution in [1.82, 2.24) is 0 Å². The summed E-state index contributed by atoms with van der Waals surface area (Å²) in [7, 11) is 0. The number of rotatable bonds is 2. The molecule has 0 amide bonds. The van der Waals surface area contributed by atoms with Gasteiger partial charge in [-0.1, -0.05) is 0 Å². The zero-order chi connectivity index (χ0) is 5.70. The standard InChI is InChI=1S/C4H5FO2/c1-2-4(5)7-3-6/h2-3H,1H3. The van der Waals surface area contributed by atoms with Gasteiger partial charge in [0.1, 0.15) is 0 Å². The molecule has 0 unspecified atom stereocenters. The Morgan fingerprint density at radius 1 is 1.86 bits per heavy atom. The van der Waals surface area contributed by atoms with Gasteiger partial charge in [0.2, 0.25) is 0 Å². The number of ether oxygens (including phenoxy) is 1. The molecule has 0 atom stereocenters. The lowest BCUT2D eigenvalue weighted by Crippen LogP contribution is -1.78. The van der Waals surface area contributed by atoms with E-state index in [9.17, 15) is 9.18 Å². The monoisotopic (exact) mass is 104 g/mol. The summed E-state index contributed by atoms with van der Waals surface area (Å²) >= 11 is 0. The maximum atomic E-state index is 11.5. The highest BCUT2D eigenvalue weighted by Gasteiger charge is 1.84. The van der Waals surface area contributed by atoms with E-state index < -0.39 is 6.01 Å². The summed E-state index contributed by atoms with van der Waals surface area (Å²) in [6.45, 7) is 1.47. The van der Waals surface area contributed by atoms with Gasteiger partial charge in [-0.25, -0.2) is 0 Å². The summed E-state index contributed by atoms with van der Waals surface area (Å²) < 4.78 is 15.2. The molecule has 0 aliphatic rings. The number of halogens is 1. The maximum Gasteiger partial charge on any atom is 0.300 e. The van der Waals surface area contributed by atoms with E-state index in [-0.39, 0.29) is 6.47 Å². The molecule has 0 heterocycles. The smallest absolute Gasteiger partial charge is 0.300 e. The van der Waals surface area contributed by atoms with Crippen molar-refractivity contribution >= 4 is 6.47 Å². The van der Waals surface area contributed by atoms with Gasteiger partial charge in [-0.15, -0.1) is 0 Å². The van der Waals surface area contributed by atoms with Crippen molar-refractivity contribution in [2.24, 2.45) is 0 Å². The van der Waals surface area contributed by atoms with Gasteiger partial charge in [0.05, 0.1) is 0 Å². The molecular formula is C4H5FO2. The molecule has 0 bridgehead atoms. The van der Waals surface area contributed by atoms with Crippen LogP contribution in [0.25, 0.3) is 0 Å². The van der Waals surface area contributed by atoms with E-state index in [2.05, 4.69) is 4.74 Å². The van der Waals surface area contributed by atoms with Crippen LogP contribution in [0.5, 0.6) is 0 Å². The Labute approximate surface area is 40.6 Å². The Bertz CT molecular complexity index is 87.7. The third-order valence-corrected chi connectivity index (χ3v) is 0.388. The molecule has 0 radical (unpaired) electrons. The molecule has 0 fully saturated rings. The quantitative estimate of drug-likeness (QED) is 0.385. The van der Waals surface area contributed by atoms with Crippen molar-refractivity contribution in [3.05, 3.63) is 12.1 Å². The Hall–Kier alpha value is -0.860. The molecule has 0 saturated heterocycles. The van der Waals surface area contributed by atoms with E-state index in [4.69, 9.17) is 0 Å². The van der Waals surface area contributed by atoms with Crippen LogP contribution in [0.1, 0.15) is 6.92 Å². The van der Waals surface area contributed by atoms with E-state index in [1.807, 2.05) is 0 Å². The zero-order valence-corrected chi connectivity index (χ0v) is 3.85. The van der Waals surface area contributed by atoms with E-state index >= 15 is 0 Å². The summed E-state index contributed by atoms with van der Waals surface area (Å²) in [5.41, 5.74) is 0. The van der Waals surface area contributed by atoms with E-state index in [1.54, 1.807) is 0 Å². The molecule has 0 spiro atoms. The van der Waals surface area contributed by atoms with Crippen LogP contribution in [-0.2, 0) is 9.53 Å². The lowest BCUT2D eigenvalue weighted by molar-refractivity contribution is -0.126. The Morgan fingerprint density at radius 3 is 2.57 bits per heavy atom. The number of allylic oxidation sites excluding steroid dienone is 1. The Balaban J connectivity index is 3.36. The molecule has 0 aliphatic carbocycles. The zero-order valence-electron chi connectivity index (χ0n) is 3.85. The van der Waals surface area contributed by atoms with E-state index in [0.29, 0.717) is 0 Å². The Morgan fingerprint density at radius 2 is 2.43 bits per heavy atom. The number of hydrogen-bond donors (Lipinski definition) is 0. The van der Waals surface area contributed by atoms with Gasteiger partial charge in [-0.2, -0.15) is 4.39 Å². The van der Waals surface area contributed by atoms with Crippen molar-refractivity contribution < 1.29 is 13.9 Å². The second-order valence-electron chi connectivity index (χ2n) is 0.807. The van der Waals surface area contributed by atoms with Crippen molar-refractivity contribution in [2.75, 3.05) is 0 Å². The molecule has 0 aromatic heterocycles. The molecule has 40 valence electrons. The molecule has 0 rings (SSSR count). The van der Waals surface area contributed by atoms with Gasteiger partial charge < -0.3 is 4.74 Å². The van der Waals surface area contributed by atoms with Crippen LogP contribution < -0.4 is 0 Å². The summed E-state index contributed by atoms with van der Waals surface area (Å²) in [6.07, 6.45) is 1.05. The van der Waals surface area contributed by atoms with Crippen LogP contribution in [-0.4, -0.2) is 6.47 Å². The lowest BCUT2D eigenvalue weighted by Gasteiger charge is -1.84. The molecule has 0 aromatic carbocycles. The molecule has 0 saturated carbocycles. The van der Waals surface area contributed by atoms with Gasteiger partial charge in [-0.05, 0) is 13.0 Å². The fraction of sp³-hybridized carbons (Fsp3) is 0.250. The van der Waals surface area contributed by atoms with Crippen molar-refractivity contribution in [3.63, 3.8) is 0 Å². The highest BCUT2D eigenvalue weighted by molar-refractivity contribution is 5.38. The first-order valence-electron chi connectivity index (χ1n) is 1.73. The summed E-state index contributed by atoms with van der Waals surface area (Å²) in [6, 6.07) is -0.866. The minimum Gasteiger partial charge on any atom is -0.401 e. The van der Waals surface area contributed by atoms with Gasteiger partial charge in [0, 0.05) is 0 Å². The first kappa shape index (κ1) is 6.14. The van der Waals surface area contributed by atoms with Gasteiger partial charge >= 0.3 is 0 Å². The molecule has 0 N–H and O–H groups in total. The second kappa shape index (κ2) is 3.33. The molecule has 0 aliphatic heterocycles. The fourth-order valence-electron chi connectivity index (χ4n) is 0.114. The maximum absolute atomic E-state index is 11.5. The first-order chi connectivity index (χ1) is 3.31. The third-order valence-electron chi connectivity index (χ3n) is 0.388. The molecule has 0 aromatic rings. The molecule has 2 nitrogen and oxygen atoms in total. The molecular weight excluding hydrogens is 99.0 g/mol. The highest BCUT2D eigenvalue weighted by atomic mass is 19.1. The minimum absolute atomic E-state index is 0.0370. The summed E-state index contributed by atoms with van der Waals surface area (Å²) in [4.78, 5) is 9.27. The Kier molecular flexibility index (Phi) is 2.92. The number of carbonyl (C=O) groups excluding carboxylic acids is 1. The highest BCUT2D eigenvalue weighted by Crippen LogP contribution is 1.92. The average molecular weight is 104 g/mol. The largest absolute Gasteiger partial charge is 0.401 e. The van der Waals surface area contributed by atoms with Crippen molar-refractivity contribution in [1.29, 1.82) is 0 Å². The van der Waals surface area contributed by atoms with Crippen LogP contribution in [0.3, 0.4) is 0 Å². The number of hydrogen-bond acceptors (Lipinski definition) is 2. The predicted octanol–water partition coefficient (Wildman–Crippen LogP) is 0.990. The normalized spacial score (nSPS) is 10.9. The van der Waals surface area contributed by atoms with E-state index in [0.717, 1.165) is 6.08 Å². The average Bonchev–Trinajstić information content (AvgIpc) is 1.68. The van der Waals surface area contributed by atoms with Gasteiger partial charge in [0.25, 0.3) is 12.5 Å². The van der Waals surface area contributed by atoms with Crippen LogP contribution in [0.15, 0.2) is 12.1 Å². The topological polar surface area (TPSA) is 26.3 Å². The number of carbonyl (C=O) groups is 1. The third kappa shape index (κ3) is 2.96. The van der Waals surface area contributed by atoms with Gasteiger partial charge in [-0.3, -0.25) is 4.79 Å². The lowest BCUT2D eigenvalue weighted by atomic mass is 10.7. The van der Waals surface area contributed by atoms with Crippen LogP contribution in [0.2, 0.25) is 0 Å². The molecule has 7 heavy (non-hydrogen) atoms. The second-order valence-corrected chi connectivity index (χ2v) is 0.807. The van der Waals surface area contributed by atoms with Crippen molar-refractivity contribution in [3.8, 4) is 0 Å². The predicted molar refractivity (Wildman–Crippen MR) is 22.0 cm³/mol. The van der Waals surface area contributed by atoms with Gasteiger partial charge in [0.15, 0.2) is 0 Å². The van der Waals surface area contributed by atoms with Crippen molar-refractivity contribution in [2.45, 2.75) is 6.92 Å². The van der Waals surface area contributed by atoms with Crippen LogP contribution in [0.4, 0.5) is 4.39 Å². The van der Waals surface area contributed by atoms with Crippen LogP contribution in [0, 0.1) is 0 Å². The minimum atomic E-state index is -0.866. The first-order valence-corrected chi connectivity index (χ1v) is 1.73.